The smallest absolute Gasteiger partial charge is 0.246 e. The maximum absolute atomic E-state index is 12.2. The number of likely N-dealkylation sites (N-methyl/N-ethyl adjacent to an activating group) is 1. The van der Waals surface area contributed by atoms with Gasteiger partial charge in [0.25, 0.3) is 0 Å². The molecule has 1 saturated heterocycles. The van der Waals surface area contributed by atoms with Gasteiger partial charge in [-0.25, -0.2) is 8.42 Å². The van der Waals surface area contributed by atoms with E-state index in [1.54, 1.807) is 17.0 Å². The van der Waals surface area contributed by atoms with Crippen LogP contribution in [0.4, 0.5) is 0 Å². The van der Waals surface area contributed by atoms with Crippen molar-refractivity contribution < 1.29 is 13.2 Å². The first-order valence-corrected chi connectivity index (χ1v) is 9.37. The maximum Gasteiger partial charge on any atom is 0.246 e. The maximum atomic E-state index is 12.2. The number of amides is 1. The monoisotopic (exact) mass is 333 g/mol. The van der Waals surface area contributed by atoms with Crippen LogP contribution < -0.4 is 0 Å². The first-order valence-electron chi connectivity index (χ1n) is 6.36. The zero-order chi connectivity index (χ0) is 14.8. The minimum Gasteiger partial charge on any atom is -0.335 e. The molecule has 4 nitrogen and oxygen atoms in total. The molecule has 0 bridgehead atoms. The highest BCUT2D eigenvalue weighted by molar-refractivity contribution is 7.91. The topological polar surface area (TPSA) is 54.5 Å². The summed E-state index contributed by atoms with van der Waals surface area (Å²) in [5, 5.41) is 0. The Morgan fingerprint density at radius 2 is 2.30 bits per heavy atom. The quantitative estimate of drug-likeness (QED) is 0.795. The van der Waals surface area contributed by atoms with Crippen molar-refractivity contribution in [2.45, 2.75) is 19.4 Å². The van der Waals surface area contributed by atoms with Crippen LogP contribution in [0, 0.1) is 0 Å². The summed E-state index contributed by atoms with van der Waals surface area (Å²) in [6, 6.07) is 3.42. The summed E-state index contributed by atoms with van der Waals surface area (Å²) in [6.45, 7) is 2.37. The Hall–Kier alpha value is -0.850. The van der Waals surface area contributed by atoms with E-state index >= 15 is 0 Å². The van der Waals surface area contributed by atoms with Crippen LogP contribution in [0.1, 0.15) is 18.2 Å². The number of hydrogen-bond donors (Lipinski definition) is 0. The van der Waals surface area contributed by atoms with E-state index in [1.807, 2.05) is 13.0 Å². The van der Waals surface area contributed by atoms with Crippen molar-refractivity contribution in [2.75, 3.05) is 18.1 Å². The molecule has 110 valence electrons. The van der Waals surface area contributed by atoms with E-state index in [2.05, 4.69) is 0 Å². The molecule has 1 unspecified atom stereocenters. The standard InChI is InChI=1S/C13H16ClNO3S2/c1-2-15(10-7-8-20(17,18)9-10)13(16)6-4-11-3-5-12(14)19-11/h3-6,10H,2,7-9H2,1H3/b6-4+. The van der Waals surface area contributed by atoms with Crippen LogP contribution in [0.15, 0.2) is 18.2 Å². The lowest BCUT2D eigenvalue weighted by Gasteiger charge is -2.25. The van der Waals surface area contributed by atoms with Gasteiger partial charge in [0.2, 0.25) is 5.91 Å². The summed E-state index contributed by atoms with van der Waals surface area (Å²) in [6.07, 6.45) is 3.72. The highest BCUT2D eigenvalue weighted by Gasteiger charge is 2.33. The number of thiophene rings is 1. The molecular formula is C13H16ClNO3S2. The Morgan fingerprint density at radius 3 is 2.80 bits per heavy atom. The molecule has 1 amide bonds. The van der Waals surface area contributed by atoms with E-state index in [4.69, 9.17) is 11.6 Å². The highest BCUT2D eigenvalue weighted by atomic mass is 35.5. The van der Waals surface area contributed by atoms with Crippen molar-refractivity contribution in [1.82, 2.24) is 4.90 Å². The highest BCUT2D eigenvalue weighted by Crippen LogP contribution is 2.23. The fourth-order valence-corrected chi connectivity index (χ4v) is 4.98. The largest absolute Gasteiger partial charge is 0.335 e. The average Bonchev–Trinajstić information content (AvgIpc) is 2.94. The number of carbonyl (C=O) groups excluding carboxylic acids is 1. The minimum absolute atomic E-state index is 0.0747. The van der Waals surface area contributed by atoms with Gasteiger partial charge < -0.3 is 4.90 Å². The molecule has 2 rings (SSSR count). The Bertz CT molecular complexity index is 621. The number of nitrogens with zero attached hydrogens (tertiary/aromatic N) is 1. The second-order valence-electron chi connectivity index (χ2n) is 4.66. The van der Waals surface area contributed by atoms with Gasteiger partial charge in [-0.1, -0.05) is 11.6 Å². The van der Waals surface area contributed by atoms with Crippen molar-refractivity contribution in [1.29, 1.82) is 0 Å². The fourth-order valence-electron chi connectivity index (χ4n) is 2.28. The molecule has 20 heavy (non-hydrogen) atoms. The van der Waals surface area contributed by atoms with Crippen molar-refractivity contribution in [3.05, 3.63) is 27.4 Å². The van der Waals surface area contributed by atoms with Crippen LogP contribution in [-0.2, 0) is 14.6 Å². The van der Waals surface area contributed by atoms with Gasteiger partial charge in [-0.3, -0.25) is 4.79 Å². The van der Waals surface area contributed by atoms with Gasteiger partial charge in [0, 0.05) is 23.5 Å². The zero-order valence-electron chi connectivity index (χ0n) is 11.1. The molecule has 1 aromatic rings. The summed E-state index contributed by atoms with van der Waals surface area (Å²) in [5.74, 6) is 0.0934. The van der Waals surface area contributed by atoms with Crippen LogP contribution >= 0.6 is 22.9 Å². The van der Waals surface area contributed by atoms with Crippen LogP contribution in [0.2, 0.25) is 4.34 Å². The minimum atomic E-state index is -2.98. The van der Waals surface area contributed by atoms with Crippen LogP contribution in [0.3, 0.4) is 0 Å². The molecule has 1 fully saturated rings. The predicted molar refractivity (Wildman–Crippen MR) is 82.8 cm³/mol. The molecule has 1 aliphatic rings. The van der Waals surface area contributed by atoms with Crippen molar-refractivity contribution in [3.8, 4) is 0 Å². The van der Waals surface area contributed by atoms with Gasteiger partial charge in [-0.15, -0.1) is 11.3 Å². The van der Waals surface area contributed by atoms with Gasteiger partial charge in [0.15, 0.2) is 9.84 Å². The van der Waals surface area contributed by atoms with E-state index in [0.29, 0.717) is 17.3 Å². The molecule has 1 aromatic heterocycles. The Balaban J connectivity index is 2.04. The molecule has 0 spiro atoms. The van der Waals surface area contributed by atoms with Gasteiger partial charge in [-0.2, -0.15) is 0 Å². The molecule has 0 aliphatic carbocycles. The van der Waals surface area contributed by atoms with E-state index < -0.39 is 9.84 Å². The predicted octanol–water partition coefficient (Wildman–Crippen LogP) is 2.45. The normalized spacial score (nSPS) is 21.4. The fraction of sp³-hybridized carbons (Fsp3) is 0.462. The summed E-state index contributed by atoms with van der Waals surface area (Å²) >= 11 is 7.22. The third kappa shape index (κ3) is 3.84. The number of sulfone groups is 1. The molecule has 0 saturated carbocycles. The first kappa shape index (κ1) is 15.5. The van der Waals surface area contributed by atoms with Gasteiger partial charge in [-0.05, 0) is 31.6 Å². The third-order valence-corrected chi connectivity index (χ3v) is 6.20. The summed E-state index contributed by atoms with van der Waals surface area (Å²) < 4.78 is 23.7. The van der Waals surface area contributed by atoms with Crippen molar-refractivity contribution in [3.63, 3.8) is 0 Å². The molecule has 0 aromatic carbocycles. The SMILES string of the molecule is CCN(C(=O)/C=C/c1ccc(Cl)s1)C1CCS(=O)(=O)C1. The lowest BCUT2D eigenvalue weighted by Crippen LogP contribution is -2.39. The first-order chi connectivity index (χ1) is 9.41. The molecule has 7 heteroatoms. The van der Waals surface area contributed by atoms with Crippen LogP contribution in [0.25, 0.3) is 6.08 Å². The molecular weight excluding hydrogens is 318 g/mol. The molecule has 0 radical (unpaired) electrons. The summed E-state index contributed by atoms with van der Waals surface area (Å²) in [4.78, 5) is 14.7. The molecule has 1 atom stereocenters. The second kappa shape index (κ2) is 6.28. The second-order valence-corrected chi connectivity index (χ2v) is 8.63. The average molecular weight is 334 g/mol. The molecule has 1 aliphatic heterocycles. The van der Waals surface area contributed by atoms with E-state index in [0.717, 1.165) is 4.88 Å². The Morgan fingerprint density at radius 1 is 1.55 bits per heavy atom. The lowest BCUT2D eigenvalue weighted by molar-refractivity contribution is -0.127. The Labute approximate surface area is 128 Å². The van der Waals surface area contributed by atoms with E-state index in [-0.39, 0.29) is 23.5 Å². The van der Waals surface area contributed by atoms with Gasteiger partial charge in [0.05, 0.1) is 15.8 Å². The van der Waals surface area contributed by atoms with Crippen LogP contribution in [0.5, 0.6) is 0 Å². The Kier molecular flexibility index (Phi) is 4.88. The lowest BCUT2D eigenvalue weighted by atomic mass is 10.2. The third-order valence-electron chi connectivity index (χ3n) is 3.26. The summed E-state index contributed by atoms with van der Waals surface area (Å²) in [7, 11) is -2.98. The van der Waals surface area contributed by atoms with E-state index in [1.165, 1.54) is 17.4 Å². The number of halogens is 1. The van der Waals surface area contributed by atoms with Crippen molar-refractivity contribution in [2.24, 2.45) is 0 Å². The summed E-state index contributed by atoms with van der Waals surface area (Å²) in [5.41, 5.74) is 0. The van der Waals surface area contributed by atoms with Gasteiger partial charge >= 0.3 is 0 Å². The number of carbonyl (C=O) groups is 1. The number of rotatable bonds is 4. The van der Waals surface area contributed by atoms with Crippen molar-refractivity contribution >= 4 is 44.8 Å². The zero-order valence-corrected chi connectivity index (χ0v) is 13.5. The van der Waals surface area contributed by atoms with E-state index in [9.17, 15) is 13.2 Å². The van der Waals surface area contributed by atoms with Gasteiger partial charge in [0.1, 0.15) is 0 Å². The molecule has 0 N–H and O–H groups in total. The number of hydrogen-bond acceptors (Lipinski definition) is 4. The molecule has 2 heterocycles. The van der Waals surface area contributed by atoms with Crippen LogP contribution in [-0.4, -0.2) is 43.3 Å².